The van der Waals surface area contributed by atoms with E-state index < -0.39 is 11.4 Å². The zero-order valence-electron chi connectivity index (χ0n) is 15.6. The van der Waals surface area contributed by atoms with Gasteiger partial charge in [0.2, 0.25) is 0 Å². The lowest BCUT2D eigenvalue weighted by Crippen LogP contribution is -2.52. The summed E-state index contributed by atoms with van der Waals surface area (Å²) in [6, 6.07) is 6.70. The van der Waals surface area contributed by atoms with Crippen LogP contribution in [-0.2, 0) is 27.0 Å². The van der Waals surface area contributed by atoms with Crippen LogP contribution < -0.4 is 0 Å². The third-order valence-electron chi connectivity index (χ3n) is 7.05. The van der Waals surface area contributed by atoms with E-state index in [2.05, 4.69) is 39.0 Å². The van der Waals surface area contributed by atoms with Gasteiger partial charge in [-0.15, -0.1) is 0 Å². The molecule has 1 aromatic carbocycles. The highest BCUT2D eigenvalue weighted by atomic mass is 16.5. The number of carbonyl (C=O) groups is 1. The maximum Gasteiger partial charge on any atom is 0.309 e. The van der Waals surface area contributed by atoms with E-state index in [9.17, 15) is 9.90 Å². The van der Waals surface area contributed by atoms with Gasteiger partial charge in [-0.25, -0.2) is 0 Å². The van der Waals surface area contributed by atoms with Crippen molar-refractivity contribution >= 4 is 5.97 Å². The van der Waals surface area contributed by atoms with Gasteiger partial charge < -0.3 is 9.84 Å². The zero-order chi connectivity index (χ0) is 17.8. The number of aryl methyl sites for hydroxylation is 1. The van der Waals surface area contributed by atoms with E-state index in [0.29, 0.717) is 0 Å². The minimum atomic E-state index is -0.626. The zero-order valence-corrected chi connectivity index (χ0v) is 15.6. The van der Waals surface area contributed by atoms with Crippen molar-refractivity contribution < 1.29 is 14.6 Å². The first kappa shape index (κ1) is 17.5. The number of benzene rings is 1. The largest absolute Gasteiger partial charge is 0.481 e. The van der Waals surface area contributed by atoms with E-state index >= 15 is 0 Å². The lowest BCUT2D eigenvalue weighted by molar-refractivity contribution is -0.157. The molecular weight excluding hydrogens is 300 g/mol. The van der Waals surface area contributed by atoms with Gasteiger partial charge >= 0.3 is 5.97 Å². The van der Waals surface area contributed by atoms with Crippen LogP contribution in [0.4, 0.5) is 0 Å². The number of fused-ring (bicyclic) bond motifs is 3. The molecule has 1 fully saturated rings. The summed E-state index contributed by atoms with van der Waals surface area (Å²) in [7, 11) is 1.75. The van der Waals surface area contributed by atoms with Crippen LogP contribution in [0.15, 0.2) is 18.2 Å². The van der Waals surface area contributed by atoms with Gasteiger partial charge in [-0.2, -0.15) is 0 Å². The Morgan fingerprint density at radius 2 is 2.00 bits per heavy atom. The SMILES string of the molecule is COC(C)(C)c1ccc2c(c1)CC[C@H]1[C@@]2(C)CCC[C@]1(C)C(=O)O. The lowest BCUT2D eigenvalue weighted by Gasteiger charge is -2.53. The molecule has 3 heteroatoms. The Balaban J connectivity index is 2.06. The van der Waals surface area contributed by atoms with Crippen molar-refractivity contribution in [3.8, 4) is 0 Å². The highest BCUT2D eigenvalue weighted by Gasteiger charge is 2.55. The number of carboxylic acids is 1. The monoisotopic (exact) mass is 330 g/mol. The van der Waals surface area contributed by atoms with Gasteiger partial charge in [0.25, 0.3) is 0 Å². The second-order valence-corrected chi connectivity index (χ2v) is 8.67. The molecule has 3 rings (SSSR count). The van der Waals surface area contributed by atoms with Crippen LogP contribution in [0.1, 0.15) is 70.1 Å². The van der Waals surface area contributed by atoms with Crippen molar-refractivity contribution in [1.29, 1.82) is 0 Å². The van der Waals surface area contributed by atoms with Gasteiger partial charge in [0.15, 0.2) is 0 Å². The van der Waals surface area contributed by atoms with E-state index in [1.807, 2.05) is 6.92 Å². The molecular formula is C21H30O3. The third kappa shape index (κ3) is 2.40. The first-order valence-corrected chi connectivity index (χ1v) is 9.07. The normalized spacial score (nSPS) is 32.8. The summed E-state index contributed by atoms with van der Waals surface area (Å²) in [5, 5.41) is 9.87. The molecule has 0 bridgehead atoms. The minimum absolute atomic E-state index is 0.0330. The van der Waals surface area contributed by atoms with Crippen molar-refractivity contribution in [3.63, 3.8) is 0 Å². The molecule has 2 aliphatic carbocycles. The molecule has 3 nitrogen and oxygen atoms in total. The first-order chi connectivity index (χ1) is 11.1. The fourth-order valence-corrected chi connectivity index (χ4v) is 5.24. The van der Waals surface area contributed by atoms with Crippen LogP contribution in [-0.4, -0.2) is 18.2 Å². The Morgan fingerprint density at radius 3 is 2.62 bits per heavy atom. The Bertz CT molecular complexity index is 663. The highest BCUT2D eigenvalue weighted by Crippen LogP contribution is 2.57. The molecule has 24 heavy (non-hydrogen) atoms. The summed E-state index contributed by atoms with van der Waals surface area (Å²) in [5.41, 5.74) is 3.01. The van der Waals surface area contributed by atoms with Crippen LogP contribution in [0.3, 0.4) is 0 Å². The third-order valence-corrected chi connectivity index (χ3v) is 7.05. The minimum Gasteiger partial charge on any atom is -0.481 e. The van der Waals surface area contributed by atoms with Gasteiger partial charge in [-0.3, -0.25) is 4.79 Å². The van der Waals surface area contributed by atoms with E-state index in [4.69, 9.17) is 4.74 Å². The van der Waals surface area contributed by atoms with Crippen LogP contribution in [0.5, 0.6) is 0 Å². The molecule has 0 saturated heterocycles. The number of hydrogen-bond acceptors (Lipinski definition) is 2. The average Bonchev–Trinajstić information content (AvgIpc) is 2.54. The molecule has 1 saturated carbocycles. The predicted molar refractivity (Wildman–Crippen MR) is 95.2 cm³/mol. The van der Waals surface area contributed by atoms with Crippen LogP contribution in [0, 0.1) is 11.3 Å². The van der Waals surface area contributed by atoms with Crippen LogP contribution in [0.25, 0.3) is 0 Å². The highest BCUT2D eigenvalue weighted by molar-refractivity contribution is 5.75. The number of carboxylic acid groups (broad SMARTS) is 1. The molecule has 0 aliphatic heterocycles. The van der Waals surface area contributed by atoms with Gasteiger partial charge in [-0.05, 0) is 74.5 Å². The standard InChI is InChI=1S/C21H30O3/c1-19(2,24-5)15-8-9-16-14(13-15)7-10-17-20(16,3)11-6-12-21(17,4)18(22)23/h8-9,13,17H,6-7,10-12H2,1-5H3,(H,22,23)/t17-,20-,21-/m0/s1. The van der Waals surface area contributed by atoms with E-state index in [1.165, 1.54) is 16.7 Å². The lowest BCUT2D eigenvalue weighted by atomic mass is 9.50. The maximum atomic E-state index is 12.0. The number of hydrogen-bond donors (Lipinski definition) is 1. The number of ether oxygens (including phenoxy) is 1. The fraction of sp³-hybridized carbons (Fsp3) is 0.667. The molecule has 2 aliphatic rings. The molecule has 1 aromatic rings. The van der Waals surface area contributed by atoms with Crippen LogP contribution in [0.2, 0.25) is 0 Å². The molecule has 3 atom stereocenters. The van der Waals surface area contributed by atoms with Crippen molar-refractivity contribution in [3.05, 3.63) is 34.9 Å². The number of rotatable bonds is 3. The molecule has 0 unspecified atom stereocenters. The number of methoxy groups -OCH3 is 1. The van der Waals surface area contributed by atoms with Gasteiger partial charge in [0.05, 0.1) is 11.0 Å². The summed E-state index contributed by atoms with van der Waals surface area (Å²) in [4.78, 5) is 12.0. The topological polar surface area (TPSA) is 46.5 Å². The summed E-state index contributed by atoms with van der Waals surface area (Å²) >= 11 is 0. The Kier molecular flexibility index (Phi) is 4.07. The second-order valence-electron chi connectivity index (χ2n) is 8.67. The van der Waals surface area contributed by atoms with Gasteiger partial charge in [0.1, 0.15) is 0 Å². The molecule has 0 spiro atoms. The van der Waals surface area contributed by atoms with Gasteiger partial charge in [-0.1, -0.05) is 31.5 Å². The predicted octanol–water partition coefficient (Wildman–Crippen LogP) is 4.66. The molecule has 132 valence electrons. The second kappa shape index (κ2) is 5.59. The van der Waals surface area contributed by atoms with Crippen molar-refractivity contribution in [2.45, 2.75) is 70.8 Å². The van der Waals surface area contributed by atoms with E-state index in [-0.39, 0.29) is 16.9 Å². The van der Waals surface area contributed by atoms with Crippen LogP contribution >= 0.6 is 0 Å². The van der Waals surface area contributed by atoms with Crippen molar-refractivity contribution in [2.24, 2.45) is 11.3 Å². The first-order valence-electron chi connectivity index (χ1n) is 9.07. The smallest absolute Gasteiger partial charge is 0.309 e. The molecule has 0 radical (unpaired) electrons. The van der Waals surface area contributed by atoms with Gasteiger partial charge in [0, 0.05) is 7.11 Å². The quantitative estimate of drug-likeness (QED) is 0.876. The summed E-state index contributed by atoms with van der Waals surface area (Å²) in [6.45, 7) is 8.43. The Morgan fingerprint density at radius 1 is 1.29 bits per heavy atom. The maximum absolute atomic E-state index is 12.0. The summed E-state index contributed by atoms with van der Waals surface area (Å²) in [5.74, 6) is -0.413. The van der Waals surface area contributed by atoms with E-state index in [1.54, 1.807) is 7.11 Å². The molecule has 0 amide bonds. The Labute approximate surface area is 145 Å². The molecule has 0 heterocycles. The average molecular weight is 330 g/mol. The Hall–Kier alpha value is -1.35. The summed E-state index contributed by atoms with van der Waals surface area (Å²) in [6.07, 6.45) is 4.79. The van der Waals surface area contributed by atoms with E-state index in [0.717, 1.165) is 32.1 Å². The molecule has 0 aromatic heterocycles. The summed E-state index contributed by atoms with van der Waals surface area (Å²) < 4.78 is 5.63. The number of aliphatic carboxylic acids is 1. The van der Waals surface area contributed by atoms with Crippen molar-refractivity contribution in [1.82, 2.24) is 0 Å². The van der Waals surface area contributed by atoms with Crippen molar-refractivity contribution in [2.75, 3.05) is 7.11 Å². The molecule has 1 N–H and O–H groups in total. The fourth-order valence-electron chi connectivity index (χ4n) is 5.24.